The zero-order valence-electron chi connectivity index (χ0n) is 18.4. The summed E-state index contributed by atoms with van der Waals surface area (Å²) in [6.07, 6.45) is 3.09. The Morgan fingerprint density at radius 1 is 1.00 bits per heavy atom. The second-order valence-electron chi connectivity index (χ2n) is 8.00. The zero-order chi connectivity index (χ0) is 22.5. The highest BCUT2D eigenvalue weighted by Crippen LogP contribution is 2.25. The van der Waals surface area contributed by atoms with Crippen LogP contribution in [0.3, 0.4) is 0 Å². The van der Waals surface area contributed by atoms with Gasteiger partial charge in [-0.15, -0.1) is 0 Å². The van der Waals surface area contributed by atoms with Gasteiger partial charge in [-0.2, -0.15) is 0 Å². The first-order valence-electron chi connectivity index (χ1n) is 10.8. The molecular formula is C24H28N4O4. The molecule has 32 heavy (non-hydrogen) atoms. The summed E-state index contributed by atoms with van der Waals surface area (Å²) >= 11 is 0. The normalized spacial score (nSPS) is 15.2. The molecule has 3 heterocycles. The SMILES string of the molecule is CC(=O)N1CCN(C(=O)c2coc(CN(Cc3ccco3)C(C)c3ccccc3)n2)CC1. The van der Waals surface area contributed by atoms with Crippen LogP contribution in [0.5, 0.6) is 0 Å². The van der Waals surface area contributed by atoms with Gasteiger partial charge in [-0.25, -0.2) is 4.98 Å². The van der Waals surface area contributed by atoms with Crippen molar-refractivity contribution in [2.75, 3.05) is 26.2 Å². The maximum atomic E-state index is 12.9. The van der Waals surface area contributed by atoms with Gasteiger partial charge in [0.05, 0.1) is 19.4 Å². The molecule has 0 spiro atoms. The average Bonchev–Trinajstić information content (AvgIpc) is 3.51. The Morgan fingerprint density at radius 2 is 1.72 bits per heavy atom. The lowest BCUT2D eigenvalue weighted by Crippen LogP contribution is -2.50. The number of rotatable bonds is 7. The van der Waals surface area contributed by atoms with Crippen LogP contribution in [-0.2, 0) is 17.9 Å². The van der Waals surface area contributed by atoms with E-state index in [1.807, 2.05) is 30.3 Å². The van der Waals surface area contributed by atoms with E-state index in [9.17, 15) is 9.59 Å². The highest BCUT2D eigenvalue weighted by atomic mass is 16.3. The third kappa shape index (κ3) is 5.08. The summed E-state index contributed by atoms with van der Waals surface area (Å²) in [5.74, 6) is 1.19. The molecule has 3 aromatic rings. The highest BCUT2D eigenvalue weighted by molar-refractivity contribution is 5.92. The number of amides is 2. The molecule has 8 nitrogen and oxygen atoms in total. The quantitative estimate of drug-likeness (QED) is 0.565. The molecule has 1 fully saturated rings. The summed E-state index contributed by atoms with van der Waals surface area (Å²) < 4.78 is 11.2. The number of hydrogen-bond acceptors (Lipinski definition) is 6. The van der Waals surface area contributed by atoms with Crippen molar-refractivity contribution in [1.29, 1.82) is 0 Å². The van der Waals surface area contributed by atoms with Gasteiger partial charge < -0.3 is 18.6 Å². The Morgan fingerprint density at radius 3 is 2.38 bits per heavy atom. The molecule has 1 unspecified atom stereocenters. The van der Waals surface area contributed by atoms with Gasteiger partial charge in [-0.1, -0.05) is 30.3 Å². The molecule has 0 bridgehead atoms. The zero-order valence-corrected chi connectivity index (χ0v) is 18.4. The fraction of sp³-hybridized carbons (Fsp3) is 0.375. The van der Waals surface area contributed by atoms with E-state index < -0.39 is 0 Å². The van der Waals surface area contributed by atoms with E-state index in [1.54, 1.807) is 23.0 Å². The first kappa shape index (κ1) is 21.8. The molecule has 1 aliphatic heterocycles. The monoisotopic (exact) mass is 436 g/mol. The predicted octanol–water partition coefficient (Wildman–Crippen LogP) is 3.34. The molecule has 2 amide bonds. The lowest BCUT2D eigenvalue weighted by Gasteiger charge is -2.33. The van der Waals surface area contributed by atoms with Crippen molar-refractivity contribution in [1.82, 2.24) is 19.7 Å². The van der Waals surface area contributed by atoms with E-state index in [0.29, 0.717) is 50.9 Å². The molecule has 0 aliphatic carbocycles. The van der Waals surface area contributed by atoms with Crippen molar-refractivity contribution in [3.63, 3.8) is 0 Å². The fourth-order valence-electron chi connectivity index (χ4n) is 3.92. The molecule has 1 aliphatic rings. The number of carbonyl (C=O) groups is 2. The molecule has 1 saturated heterocycles. The third-order valence-electron chi connectivity index (χ3n) is 5.89. The van der Waals surface area contributed by atoms with Crippen molar-refractivity contribution in [2.24, 2.45) is 0 Å². The Labute approximate surface area is 187 Å². The first-order chi connectivity index (χ1) is 15.5. The number of furan rings is 1. The van der Waals surface area contributed by atoms with Crippen LogP contribution in [0.4, 0.5) is 0 Å². The first-order valence-corrected chi connectivity index (χ1v) is 10.8. The van der Waals surface area contributed by atoms with Crippen molar-refractivity contribution in [3.8, 4) is 0 Å². The topological polar surface area (TPSA) is 83.0 Å². The molecule has 2 aromatic heterocycles. The Balaban J connectivity index is 1.45. The van der Waals surface area contributed by atoms with Crippen LogP contribution in [0.2, 0.25) is 0 Å². The molecule has 1 atom stereocenters. The third-order valence-corrected chi connectivity index (χ3v) is 5.89. The van der Waals surface area contributed by atoms with Gasteiger partial charge in [0.25, 0.3) is 5.91 Å². The lowest BCUT2D eigenvalue weighted by atomic mass is 10.1. The minimum atomic E-state index is -0.170. The number of hydrogen-bond donors (Lipinski definition) is 0. The van der Waals surface area contributed by atoms with Crippen LogP contribution in [-0.4, -0.2) is 57.7 Å². The number of nitrogens with zero attached hydrogens (tertiary/aromatic N) is 4. The van der Waals surface area contributed by atoms with Gasteiger partial charge in [0.15, 0.2) is 5.69 Å². The molecule has 4 rings (SSSR count). The fourth-order valence-corrected chi connectivity index (χ4v) is 3.92. The molecule has 0 radical (unpaired) electrons. The van der Waals surface area contributed by atoms with Gasteiger partial charge >= 0.3 is 0 Å². The average molecular weight is 437 g/mol. The van der Waals surface area contributed by atoms with Crippen LogP contribution in [0.1, 0.15) is 47.6 Å². The second kappa shape index (κ2) is 9.82. The Hall–Kier alpha value is -3.39. The van der Waals surface area contributed by atoms with Gasteiger partial charge in [-0.3, -0.25) is 14.5 Å². The minimum Gasteiger partial charge on any atom is -0.468 e. The molecular weight excluding hydrogens is 408 g/mol. The smallest absolute Gasteiger partial charge is 0.275 e. The molecule has 0 saturated carbocycles. The van der Waals surface area contributed by atoms with Gasteiger partial charge in [0, 0.05) is 39.1 Å². The molecule has 1 aromatic carbocycles. The number of carbonyl (C=O) groups excluding carboxylic acids is 2. The number of oxazole rings is 1. The Kier molecular flexibility index (Phi) is 6.70. The lowest BCUT2D eigenvalue weighted by molar-refractivity contribution is -0.130. The van der Waals surface area contributed by atoms with Crippen LogP contribution in [0, 0.1) is 0 Å². The largest absolute Gasteiger partial charge is 0.468 e. The maximum absolute atomic E-state index is 12.9. The minimum absolute atomic E-state index is 0.0324. The van der Waals surface area contributed by atoms with Gasteiger partial charge in [0.1, 0.15) is 12.0 Å². The van der Waals surface area contributed by atoms with Crippen molar-refractivity contribution in [2.45, 2.75) is 33.0 Å². The van der Waals surface area contributed by atoms with Crippen LogP contribution >= 0.6 is 0 Å². The van der Waals surface area contributed by atoms with E-state index in [2.05, 4.69) is 28.9 Å². The van der Waals surface area contributed by atoms with Gasteiger partial charge in [-0.05, 0) is 24.6 Å². The predicted molar refractivity (Wildman–Crippen MR) is 117 cm³/mol. The standard InChI is InChI=1S/C24H28N4O4/c1-18(20-7-4-3-5-8-20)28(15-21-9-6-14-31-21)16-23-25-22(17-32-23)24(30)27-12-10-26(11-13-27)19(2)29/h3-9,14,17-18H,10-13,15-16H2,1-2H3. The molecule has 8 heteroatoms. The second-order valence-corrected chi connectivity index (χ2v) is 8.00. The van der Waals surface area contributed by atoms with Crippen LogP contribution < -0.4 is 0 Å². The highest BCUT2D eigenvalue weighted by Gasteiger charge is 2.26. The van der Waals surface area contributed by atoms with Crippen LogP contribution in [0.15, 0.2) is 63.8 Å². The summed E-state index contributed by atoms with van der Waals surface area (Å²) in [6, 6.07) is 14.1. The summed E-state index contributed by atoms with van der Waals surface area (Å²) in [4.78, 5) is 34.5. The molecule has 168 valence electrons. The number of benzene rings is 1. The number of piperazine rings is 1. The van der Waals surface area contributed by atoms with E-state index in [-0.39, 0.29) is 17.9 Å². The Bertz CT molecular complexity index is 1020. The molecule has 0 N–H and O–H groups in total. The summed E-state index contributed by atoms with van der Waals surface area (Å²) in [5.41, 5.74) is 1.46. The summed E-state index contributed by atoms with van der Waals surface area (Å²) in [6.45, 7) is 6.76. The number of aromatic nitrogens is 1. The van der Waals surface area contributed by atoms with Gasteiger partial charge in [0.2, 0.25) is 11.8 Å². The van der Waals surface area contributed by atoms with Crippen molar-refractivity contribution < 1.29 is 18.4 Å². The van der Waals surface area contributed by atoms with E-state index in [0.717, 1.165) is 5.76 Å². The summed E-state index contributed by atoms with van der Waals surface area (Å²) in [5, 5.41) is 0. The van der Waals surface area contributed by atoms with Crippen LogP contribution in [0.25, 0.3) is 0 Å². The van der Waals surface area contributed by atoms with E-state index in [1.165, 1.54) is 11.8 Å². The van der Waals surface area contributed by atoms with Crippen molar-refractivity contribution >= 4 is 11.8 Å². The summed E-state index contributed by atoms with van der Waals surface area (Å²) in [7, 11) is 0. The maximum Gasteiger partial charge on any atom is 0.275 e. The van der Waals surface area contributed by atoms with Crippen molar-refractivity contribution in [3.05, 3.63) is 77.9 Å². The van der Waals surface area contributed by atoms with E-state index >= 15 is 0 Å². The van der Waals surface area contributed by atoms with E-state index in [4.69, 9.17) is 8.83 Å².